The van der Waals surface area contributed by atoms with E-state index in [0.29, 0.717) is 30.7 Å². The van der Waals surface area contributed by atoms with Crippen LogP contribution in [0.2, 0.25) is 5.02 Å². The predicted octanol–water partition coefficient (Wildman–Crippen LogP) is 4.09. The van der Waals surface area contributed by atoms with E-state index in [2.05, 4.69) is 15.0 Å². The van der Waals surface area contributed by atoms with E-state index < -0.39 is 36.2 Å². The molecule has 7 nitrogen and oxygen atoms in total. The number of carbonyl (C=O) groups is 1. The van der Waals surface area contributed by atoms with E-state index in [1.165, 1.54) is 23.2 Å². The molecule has 12 heteroatoms. The first kappa shape index (κ1) is 24.4. The van der Waals surface area contributed by atoms with Crippen molar-refractivity contribution in [3.05, 3.63) is 46.6 Å². The molecule has 3 N–H and O–H groups in total. The molecule has 32 heavy (non-hydrogen) atoms. The van der Waals surface area contributed by atoms with Crippen molar-refractivity contribution in [3.8, 4) is 5.75 Å². The van der Waals surface area contributed by atoms with Crippen LogP contribution in [0.15, 0.2) is 46.6 Å². The summed E-state index contributed by atoms with van der Waals surface area (Å²) in [5.74, 6) is -0.560. The third-order valence-electron chi connectivity index (χ3n) is 4.92. The molecule has 0 aliphatic carbocycles. The van der Waals surface area contributed by atoms with Gasteiger partial charge in [0, 0.05) is 25.0 Å². The van der Waals surface area contributed by atoms with Gasteiger partial charge in [0.25, 0.3) is 0 Å². The maximum Gasteiger partial charge on any atom is 0.573 e. The zero-order valence-electron chi connectivity index (χ0n) is 16.6. The van der Waals surface area contributed by atoms with E-state index >= 15 is 0 Å². The van der Waals surface area contributed by atoms with Gasteiger partial charge in [0.1, 0.15) is 5.75 Å². The number of rotatable bonds is 5. The Hall–Kier alpha value is -2.27. The highest BCUT2D eigenvalue weighted by molar-refractivity contribution is 6.35. The van der Waals surface area contributed by atoms with Gasteiger partial charge in [0.15, 0.2) is 0 Å². The maximum atomic E-state index is 12.5. The third-order valence-corrected chi connectivity index (χ3v) is 5.57. The molecule has 0 saturated carbocycles. The standard InChI is InChI=1S/C20H20Cl2F3N3O4/c21-14-8-13(1-2-17(14)32-20(23,24)25)27-19(31)28-5-3-11(4-6-28)18-15(22)7-12(9-26-18)16(30)10-29/h1-3,8-9,15-16,29-30H,4-7,10H2,(H,27,31)/t15?,16-/m1/s1. The molecule has 0 fully saturated rings. The molecule has 2 atom stereocenters. The lowest BCUT2D eigenvalue weighted by Crippen LogP contribution is -2.39. The minimum Gasteiger partial charge on any atom is -0.404 e. The van der Waals surface area contributed by atoms with Crippen molar-refractivity contribution < 1.29 is 32.9 Å². The second-order valence-corrected chi connectivity index (χ2v) is 8.07. The molecular weight excluding hydrogens is 474 g/mol. The van der Waals surface area contributed by atoms with Crippen molar-refractivity contribution in [2.24, 2.45) is 4.99 Å². The molecule has 2 amide bonds. The summed E-state index contributed by atoms with van der Waals surface area (Å²) in [6.45, 7) is 0.248. The minimum absolute atomic E-state index is 0.224. The largest absolute Gasteiger partial charge is 0.573 e. The number of anilines is 1. The van der Waals surface area contributed by atoms with Gasteiger partial charge in [-0.1, -0.05) is 17.7 Å². The van der Waals surface area contributed by atoms with E-state index in [-0.39, 0.29) is 17.3 Å². The Morgan fingerprint density at radius 1 is 1.41 bits per heavy atom. The number of aliphatic imine (C=N–C) groups is 1. The van der Waals surface area contributed by atoms with Crippen molar-refractivity contribution >= 4 is 40.6 Å². The first-order chi connectivity index (χ1) is 15.1. The smallest absolute Gasteiger partial charge is 0.404 e. The molecule has 0 spiro atoms. The van der Waals surface area contributed by atoms with Crippen LogP contribution in [-0.4, -0.2) is 64.4 Å². The summed E-state index contributed by atoms with van der Waals surface area (Å²) >= 11 is 12.2. The minimum atomic E-state index is -4.87. The number of benzene rings is 1. The van der Waals surface area contributed by atoms with Crippen molar-refractivity contribution in [3.63, 3.8) is 0 Å². The molecule has 2 aliphatic rings. The van der Waals surface area contributed by atoms with Crippen molar-refractivity contribution in [2.75, 3.05) is 25.0 Å². The second-order valence-electron chi connectivity index (χ2n) is 7.14. The van der Waals surface area contributed by atoms with Gasteiger partial charge in [-0.3, -0.25) is 4.99 Å². The summed E-state index contributed by atoms with van der Waals surface area (Å²) in [5.41, 5.74) is 2.33. The lowest BCUT2D eigenvalue weighted by Gasteiger charge is -2.29. The van der Waals surface area contributed by atoms with E-state index in [1.54, 1.807) is 0 Å². The fourth-order valence-corrected chi connectivity index (χ4v) is 3.88. The van der Waals surface area contributed by atoms with Crippen molar-refractivity contribution in [1.29, 1.82) is 0 Å². The van der Waals surface area contributed by atoms with Gasteiger partial charge in [0.2, 0.25) is 0 Å². The van der Waals surface area contributed by atoms with Crippen LogP contribution in [0, 0.1) is 0 Å². The van der Waals surface area contributed by atoms with E-state index in [4.69, 9.17) is 28.3 Å². The molecule has 1 unspecified atom stereocenters. The summed E-state index contributed by atoms with van der Waals surface area (Å²) in [7, 11) is 0. The fourth-order valence-electron chi connectivity index (χ4n) is 3.29. The molecule has 2 aliphatic heterocycles. The number of urea groups is 1. The number of hydrogen-bond donors (Lipinski definition) is 3. The topological polar surface area (TPSA) is 94.4 Å². The Kier molecular flexibility index (Phi) is 7.71. The summed E-state index contributed by atoms with van der Waals surface area (Å²) < 4.78 is 40.8. The van der Waals surface area contributed by atoms with Crippen LogP contribution >= 0.6 is 23.2 Å². The quantitative estimate of drug-likeness (QED) is 0.538. The zero-order valence-corrected chi connectivity index (χ0v) is 18.1. The van der Waals surface area contributed by atoms with E-state index in [9.17, 15) is 23.1 Å². The molecule has 0 bridgehead atoms. The van der Waals surface area contributed by atoms with Crippen molar-refractivity contribution in [2.45, 2.75) is 30.7 Å². The number of aliphatic hydroxyl groups excluding tert-OH is 2. The Labute approximate surface area is 191 Å². The predicted molar refractivity (Wildman–Crippen MR) is 114 cm³/mol. The zero-order chi connectivity index (χ0) is 23.5. The first-order valence-corrected chi connectivity index (χ1v) is 10.4. The molecular formula is C20H20Cl2F3N3O4. The Balaban J connectivity index is 1.61. The molecule has 174 valence electrons. The number of carbonyl (C=O) groups excluding carboxylic acids is 1. The molecule has 3 rings (SSSR count). The van der Waals surface area contributed by atoms with Gasteiger partial charge in [-0.25, -0.2) is 4.79 Å². The first-order valence-electron chi connectivity index (χ1n) is 9.57. The average molecular weight is 494 g/mol. The highest BCUT2D eigenvalue weighted by atomic mass is 35.5. The number of ether oxygens (including phenoxy) is 1. The van der Waals surface area contributed by atoms with Crippen LogP contribution in [0.3, 0.4) is 0 Å². The van der Waals surface area contributed by atoms with Crippen LogP contribution in [0.5, 0.6) is 5.75 Å². The monoisotopic (exact) mass is 493 g/mol. The Morgan fingerprint density at radius 3 is 2.72 bits per heavy atom. The van der Waals surface area contributed by atoms with Crippen molar-refractivity contribution in [1.82, 2.24) is 4.90 Å². The molecule has 0 saturated heterocycles. The maximum absolute atomic E-state index is 12.5. The average Bonchev–Trinajstić information content (AvgIpc) is 2.74. The Bertz CT molecular complexity index is 966. The van der Waals surface area contributed by atoms with Gasteiger partial charge < -0.3 is 25.2 Å². The highest BCUT2D eigenvalue weighted by Gasteiger charge is 2.32. The number of nitrogens with zero attached hydrogens (tertiary/aromatic N) is 2. The van der Waals surface area contributed by atoms with Gasteiger partial charge in [-0.15, -0.1) is 24.8 Å². The number of nitrogens with one attached hydrogen (secondary N) is 1. The molecule has 1 aromatic carbocycles. The summed E-state index contributed by atoms with van der Waals surface area (Å²) in [4.78, 5) is 18.3. The second kappa shape index (κ2) is 10.1. The van der Waals surface area contributed by atoms with Gasteiger partial charge in [-0.05, 0) is 42.2 Å². The van der Waals surface area contributed by atoms with Crippen LogP contribution in [0.4, 0.5) is 23.7 Å². The lowest BCUT2D eigenvalue weighted by molar-refractivity contribution is -0.274. The normalized spacial score (nSPS) is 20.2. The van der Waals surface area contributed by atoms with Crippen LogP contribution in [0.25, 0.3) is 0 Å². The fraction of sp³-hybridized carbons (Fsp3) is 0.400. The summed E-state index contributed by atoms with van der Waals surface area (Å²) in [5, 5.41) is 20.6. The van der Waals surface area contributed by atoms with E-state index in [0.717, 1.165) is 11.6 Å². The number of amides is 2. The van der Waals surface area contributed by atoms with E-state index in [1.807, 2.05) is 6.08 Å². The third kappa shape index (κ3) is 6.16. The molecule has 0 aromatic heterocycles. The summed E-state index contributed by atoms with van der Waals surface area (Å²) in [6.07, 6.45) is -1.67. The number of alkyl halides is 4. The number of halogens is 5. The lowest BCUT2D eigenvalue weighted by atomic mass is 9.94. The molecule has 0 radical (unpaired) electrons. The van der Waals surface area contributed by atoms with Gasteiger partial charge in [-0.2, -0.15) is 0 Å². The number of aliphatic hydroxyl groups is 2. The Morgan fingerprint density at radius 2 is 2.16 bits per heavy atom. The molecule has 2 heterocycles. The SMILES string of the molecule is O=C(Nc1ccc(OC(F)(F)F)c(Cl)c1)N1CC=C(C2=NC=C([C@H](O)CO)CC2Cl)CC1. The number of hydrogen-bond acceptors (Lipinski definition) is 5. The van der Waals surface area contributed by atoms with Crippen LogP contribution in [-0.2, 0) is 0 Å². The summed E-state index contributed by atoms with van der Waals surface area (Å²) in [6, 6.07) is 3.01. The van der Waals surface area contributed by atoms with Crippen LogP contribution < -0.4 is 10.1 Å². The van der Waals surface area contributed by atoms with Gasteiger partial charge in [0.05, 0.1) is 28.8 Å². The highest BCUT2D eigenvalue weighted by Crippen LogP contribution is 2.32. The molecule has 1 aromatic rings. The van der Waals surface area contributed by atoms with Crippen LogP contribution in [0.1, 0.15) is 12.8 Å². The van der Waals surface area contributed by atoms with Gasteiger partial charge >= 0.3 is 12.4 Å².